The molecule has 0 fully saturated rings. The van der Waals surface area contributed by atoms with Crippen molar-refractivity contribution in [2.24, 2.45) is 0 Å². The van der Waals surface area contributed by atoms with E-state index in [9.17, 15) is 9.59 Å². The molecule has 3 aromatic heterocycles. The number of hydrogen-bond donors (Lipinski definition) is 1. The van der Waals surface area contributed by atoms with Crippen LogP contribution in [0.3, 0.4) is 0 Å². The zero-order chi connectivity index (χ0) is 18.8. The number of carbonyl (C=O) groups excluding carboxylic acids is 1. The van der Waals surface area contributed by atoms with E-state index in [1.54, 1.807) is 40.9 Å². The lowest BCUT2D eigenvalue weighted by Gasteiger charge is -2.16. The van der Waals surface area contributed by atoms with Crippen molar-refractivity contribution >= 4 is 39.5 Å². The molecule has 0 radical (unpaired) electrons. The number of ether oxygens (including phenoxy) is 1. The van der Waals surface area contributed by atoms with Crippen LogP contribution in [0.25, 0.3) is 11.0 Å². The van der Waals surface area contributed by atoms with E-state index in [1.165, 1.54) is 13.2 Å². The molecule has 0 aliphatic rings. The lowest BCUT2D eigenvalue weighted by molar-refractivity contribution is 0.0940. The predicted molar refractivity (Wildman–Crippen MR) is 107 cm³/mol. The van der Waals surface area contributed by atoms with Crippen molar-refractivity contribution in [3.8, 4) is 5.75 Å². The van der Waals surface area contributed by atoms with Crippen molar-refractivity contribution in [3.63, 3.8) is 0 Å². The zero-order valence-corrected chi connectivity index (χ0v) is 15.9. The van der Waals surface area contributed by atoms with Crippen LogP contribution >= 0.6 is 22.7 Å². The number of carbonyl (C=O) groups is 1. The van der Waals surface area contributed by atoms with Gasteiger partial charge in [0.2, 0.25) is 0 Å². The third-order valence-corrected chi connectivity index (χ3v) is 5.81. The molecule has 1 amide bonds. The second kappa shape index (κ2) is 7.38. The molecule has 3 heterocycles. The van der Waals surface area contributed by atoms with E-state index in [2.05, 4.69) is 5.32 Å². The average molecular weight is 397 g/mol. The Labute approximate surface area is 162 Å². The molecule has 0 bridgehead atoms. The molecule has 27 heavy (non-hydrogen) atoms. The third-order valence-electron chi connectivity index (χ3n) is 4.17. The van der Waals surface area contributed by atoms with Crippen LogP contribution < -0.4 is 15.7 Å². The van der Waals surface area contributed by atoms with Gasteiger partial charge in [-0.25, -0.2) is 4.79 Å². The molecule has 0 saturated carbocycles. The van der Waals surface area contributed by atoms with Crippen LogP contribution in [-0.4, -0.2) is 13.0 Å². The highest BCUT2D eigenvalue weighted by Crippen LogP contribution is 2.28. The lowest BCUT2D eigenvalue weighted by atomic mass is 10.1. The molecule has 1 aromatic carbocycles. The fourth-order valence-electron chi connectivity index (χ4n) is 2.86. The molecule has 0 aliphatic heterocycles. The maximum Gasteiger partial charge on any atom is 0.349 e. The number of hydrogen-bond acceptors (Lipinski definition) is 6. The molecular formula is C20H15NO4S2. The Morgan fingerprint density at radius 2 is 2.07 bits per heavy atom. The second-order valence-electron chi connectivity index (χ2n) is 5.80. The van der Waals surface area contributed by atoms with Gasteiger partial charge in [-0.1, -0.05) is 18.2 Å². The van der Waals surface area contributed by atoms with Crippen molar-refractivity contribution in [1.82, 2.24) is 5.32 Å². The summed E-state index contributed by atoms with van der Waals surface area (Å²) in [5.74, 6) is -0.0237. The van der Waals surface area contributed by atoms with Crippen LogP contribution in [0.2, 0.25) is 0 Å². The molecule has 7 heteroatoms. The maximum atomic E-state index is 12.9. The largest absolute Gasteiger partial charge is 0.493 e. The Balaban J connectivity index is 1.72. The number of nitrogens with one attached hydrogen (secondary N) is 1. The van der Waals surface area contributed by atoms with Crippen molar-refractivity contribution in [3.05, 3.63) is 85.0 Å². The van der Waals surface area contributed by atoms with E-state index < -0.39 is 11.5 Å². The predicted octanol–water partition coefficient (Wildman–Crippen LogP) is 4.44. The van der Waals surface area contributed by atoms with Crippen molar-refractivity contribution in [2.75, 3.05) is 7.11 Å². The Morgan fingerprint density at radius 1 is 1.19 bits per heavy atom. The lowest BCUT2D eigenvalue weighted by Crippen LogP contribution is -2.32. The standard InChI is InChI=1S/C20H15NO4S2/c1-24-15-5-2-4-12-10-14(20(23)25-18(12)15)19(22)21-17(13-7-9-26-11-13)16-6-3-8-27-16/h2-11,17H,1H3,(H,21,22)/t17-/m1/s1. The fraction of sp³-hybridized carbons (Fsp3) is 0.100. The number of amides is 1. The van der Waals surface area contributed by atoms with Gasteiger partial charge in [0.15, 0.2) is 11.3 Å². The Morgan fingerprint density at radius 3 is 2.78 bits per heavy atom. The Hall–Kier alpha value is -2.90. The van der Waals surface area contributed by atoms with Crippen LogP contribution in [-0.2, 0) is 0 Å². The van der Waals surface area contributed by atoms with Crippen molar-refractivity contribution in [2.45, 2.75) is 6.04 Å². The Kier molecular flexibility index (Phi) is 4.79. The average Bonchev–Trinajstić information content (AvgIpc) is 3.39. The summed E-state index contributed by atoms with van der Waals surface area (Å²) in [6, 6.07) is 12.3. The van der Waals surface area contributed by atoms with Crippen molar-refractivity contribution in [1.29, 1.82) is 0 Å². The number of fused-ring (bicyclic) bond motifs is 1. The van der Waals surface area contributed by atoms with Gasteiger partial charge in [0.1, 0.15) is 5.56 Å². The van der Waals surface area contributed by atoms with Gasteiger partial charge in [-0.3, -0.25) is 4.79 Å². The van der Waals surface area contributed by atoms with E-state index in [0.717, 1.165) is 10.4 Å². The van der Waals surface area contributed by atoms with E-state index in [4.69, 9.17) is 9.15 Å². The van der Waals surface area contributed by atoms with E-state index >= 15 is 0 Å². The second-order valence-corrected chi connectivity index (χ2v) is 7.56. The molecule has 0 aliphatic carbocycles. The van der Waals surface area contributed by atoms with E-state index in [1.807, 2.05) is 34.3 Å². The van der Waals surface area contributed by atoms with Gasteiger partial charge >= 0.3 is 5.63 Å². The summed E-state index contributed by atoms with van der Waals surface area (Å²) in [6.45, 7) is 0. The fourth-order valence-corrected chi connectivity index (χ4v) is 4.35. The minimum Gasteiger partial charge on any atom is -0.493 e. The molecule has 5 nitrogen and oxygen atoms in total. The van der Waals surface area contributed by atoms with Gasteiger partial charge in [-0.15, -0.1) is 11.3 Å². The molecule has 1 N–H and O–H groups in total. The molecule has 136 valence electrons. The molecule has 4 aromatic rings. The SMILES string of the molecule is COc1cccc2cc(C(=O)N[C@H](c3ccsc3)c3cccs3)c(=O)oc12. The topological polar surface area (TPSA) is 68.5 Å². The highest BCUT2D eigenvalue weighted by molar-refractivity contribution is 7.10. The van der Waals surface area contributed by atoms with Gasteiger partial charge in [-0.05, 0) is 46.0 Å². The minimum absolute atomic E-state index is 0.0347. The number of rotatable bonds is 5. The molecular weight excluding hydrogens is 382 g/mol. The zero-order valence-electron chi connectivity index (χ0n) is 14.3. The summed E-state index contributed by atoms with van der Waals surface area (Å²) in [5, 5.41) is 9.48. The summed E-state index contributed by atoms with van der Waals surface area (Å²) in [6.07, 6.45) is 0. The van der Waals surface area contributed by atoms with Crippen LogP contribution in [0.15, 0.2) is 67.8 Å². The molecule has 0 spiro atoms. The van der Waals surface area contributed by atoms with Gasteiger partial charge in [0, 0.05) is 10.3 Å². The molecule has 0 saturated heterocycles. The highest BCUT2D eigenvalue weighted by Gasteiger charge is 2.22. The van der Waals surface area contributed by atoms with Crippen LogP contribution in [0.5, 0.6) is 5.75 Å². The first-order valence-corrected chi connectivity index (χ1v) is 9.97. The Bertz CT molecular complexity index is 1100. The van der Waals surface area contributed by atoms with Gasteiger partial charge in [0.05, 0.1) is 13.2 Å². The number of methoxy groups -OCH3 is 1. The highest BCUT2D eigenvalue weighted by atomic mass is 32.1. The smallest absolute Gasteiger partial charge is 0.349 e. The van der Waals surface area contributed by atoms with Crippen LogP contribution in [0.1, 0.15) is 26.8 Å². The monoisotopic (exact) mass is 397 g/mol. The summed E-state index contributed by atoms with van der Waals surface area (Å²) in [5.41, 5.74) is 0.573. The number of thiophene rings is 2. The molecule has 0 unspecified atom stereocenters. The van der Waals surface area contributed by atoms with Crippen LogP contribution in [0.4, 0.5) is 0 Å². The van der Waals surface area contributed by atoms with Crippen LogP contribution in [0, 0.1) is 0 Å². The van der Waals surface area contributed by atoms with Gasteiger partial charge in [0.25, 0.3) is 5.91 Å². The minimum atomic E-state index is -0.695. The first-order chi connectivity index (χ1) is 13.2. The summed E-state index contributed by atoms with van der Waals surface area (Å²) >= 11 is 3.11. The molecule has 4 rings (SSSR count). The number of benzene rings is 1. The summed E-state index contributed by atoms with van der Waals surface area (Å²) in [4.78, 5) is 26.3. The quantitative estimate of drug-likeness (QED) is 0.506. The summed E-state index contributed by atoms with van der Waals surface area (Å²) in [7, 11) is 1.50. The van der Waals surface area contributed by atoms with Crippen molar-refractivity contribution < 1.29 is 13.9 Å². The van der Waals surface area contributed by atoms with Gasteiger partial charge < -0.3 is 14.5 Å². The van der Waals surface area contributed by atoms with E-state index in [-0.39, 0.29) is 11.6 Å². The maximum absolute atomic E-state index is 12.9. The normalized spacial score (nSPS) is 12.0. The first kappa shape index (κ1) is 17.5. The van der Waals surface area contributed by atoms with E-state index in [0.29, 0.717) is 16.7 Å². The van der Waals surface area contributed by atoms with Gasteiger partial charge in [-0.2, -0.15) is 11.3 Å². The summed E-state index contributed by atoms with van der Waals surface area (Å²) < 4.78 is 10.6. The molecule has 1 atom stereocenters. The third kappa shape index (κ3) is 3.39. The first-order valence-electron chi connectivity index (χ1n) is 8.14. The number of para-hydroxylation sites is 1.